The number of carbonyl (C=O) groups is 2. The minimum atomic E-state index is -4.52. The maximum Gasteiger partial charge on any atom is 0.416 e. The van der Waals surface area contributed by atoms with Crippen molar-refractivity contribution in [3.8, 4) is 0 Å². The maximum absolute atomic E-state index is 12.4. The molecule has 0 spiro atoms. The van der Waals surface area contributed by atoms with E-state index in [0.717, 1.165) is 18.2 Å². The van der Waals surface area contributed by atoms with E-state index in [0.29, 0.717) is 0 Å². The molecule has 6 nitrogen and oxygen atoms in total. The SMILES string of the molecule is O=C(O)CONC(=O)Nc1cccc(C(F)(F)F)c1. The minimum absolute atomic E-state index is 0.105. The second kappa shape index (κ2) is 6.05. The maximum atomic E-state index is 12.4. The van der Waals surface area contributed by atoms with E-state index in [4.69, 9.17) is 5.11 Å². The van der Waals surface area contributed by atoms with Crippen LogP contribution < -0.4 is 10.8 Å². The Bertz CT molecular complexity index is 476. The number of carbonyl (C=O) groups excluding carboxylic acids is 1. The van der Waals surface area contributed by atoms with Crippen LogP contribution in [0, 0.1) is 0 Å². The van der Waals surface area contributed by atoms with Gasteiger partial charge in [-0.15, -0.1) is 0 Å². The van der Waals surface area contributed by atoms with Gasteiger partial charge in [0.05, 0.1) is 5.56 Å². The first-order valence-corrected chi connectivity index (χ1v) is 4.87. The van der Waals surface area contributed by atoms with Gasteiger partial charge >= 0.3 is 18.2 Å². The average Bonchev–Trinajstić information content (AvgIpc) is 2.27. The first-order chi connectivity index (χ1) is 8.79. The highest BCUT2D eigenvalue weighted by atomic mass is 19.4. The number of hydroxylamine groups is 1. The Morgan fingerprint density at radius 2 is 2.00 bits per heavy atom. The number of rotatable bonds is 4. The molecule has 0 fully saturated rings. The van der Waals surface area contributed by atoms with Crippen molar-refractivity contribution in [2.75, 3.05) is 11.9 Å². The van der Waals surface area contributed by atoms with Crippen LogP contribution in [0.5, 0.6) is 0 Å². The summed E-state index contributed by atoms with van der Waals surface area (Å²) in [6, 6.07) is 2.96. The number of carboxylic acids is 1. The zero-order valence-electron chi connectivity index (χ0n) is 9.32. The van der Waals surface area contributed by atoms with Crippen molar-refractivity contribution in [1.29, 1.82) is 0 Å². The number of amides is 2. The lowest BCUT2D eigenvalue weighted by Gasteiger charge is -2.10. The lowest BCUT2D eigenvalue weighted by Crippen LogP contribution is -2.30. The van der Waals surface area contributed by atoms with Gasteiger partial charge in [-0.25, -0.2) is 15.1 Å². The van der Waals surface area contributed by atoms with Crippen LogP contribution in [-0.4, -0.2) is 23.7 Å². The summed E-state index contributed by atoms with van der Waals surface area (Å²) in [5.74, 6) is -1.31. The van der Waals surface area contributed by atoms with Crippen LogP contribution in [0.4, 0.5) is 23.7 Å². The Kier molecular flexibility index (Phi) is 4.70. The highest BCUT2D eigenvalue weighted by Crippen LogP contribution is 2.30. The molecule has 9 heteroatoms. The van der Waals surface area contributed by atoms with Crippen molar-refractivity contribution in [3.63, 3.8) is 0 Å². The fraction of sp³-hybridized carbons (Fsp3) is 0.200. The number of alkyl halides is 3. The highest BCUT2D eigenvalue weighted by Gasteiger charge is 2.30. The Labute approximate surface area is 105 Å². The molecule has 0 aliphatic carbocycles. The van der Waals surface area contributed by atoms with Gasteiger partial charge < -0.3 is 10.4 Å². The molecule has 0 unspecified atom stereocenters. The number of aliphatic carboxylic acids is 1. The molecule has 2 amide bonds. The lowest BCUT2D eigenvalue weighted by molar-refractivity contribution is -0.144. The van der Waals surface area contributed by atoms with Gasteiger partial charge in [0, 0.05) is 5.69 Å². The van der Waals surface area contributed by atoms with E-state index < -0.39 is 30.3 Å². The minimum Gasteiger partial charge on any atom is -0.479 e. The fourth-order valence-electron chi connectivity index (χ4n) is 1.09. The number of hydrogen-bond acceptors (Lipinski definition) is 3. The molecule has 0 bridgehead atoms. The van der Waals surface area contributed by atoms with Crippen molar-refractivity contribution in [2.45, 2.75) is 6.18 Å². The first-order valence-electron chi connectivity index (χ1n) is 4.87. The number of nitrogens with one attached hydrogen (secondary N) is 2. The van der Waals surface area contributed by atoms with E-state index in [2.05, 4.69) is 10.2 Å². The number of benzene rings is 1. The molecule has 0 radical (unpaired) electrons. The predicted octanol–water partition coefficient (Wildman–Crippen LogP) is 1.84. The number of halogens is 3. The normalized spacial score (nSPS) is 10.9. The molecule has 0 aromatic heterocycles. The fourth-order valence-corrected chi connectivity index (χ4v) is 1.09. The second-order valence-electron chi connectivity index (χ2n) is 3.32. The standard InChI is InChI=1S/C10H9F3N2O4/c11-10(12,13)6-2-1-3-7(4-6)14-9(18)15-19-5-8(16)17/h1-4H,5H2,(H,16,17)(H2,14,15,18). The van der Waals surface area contributed by atoms with Crippen LogP contribution in [0.25, 0.3) is 0 Å². The lowest BCUT2D eigenvalue weighted by atomic mass is 10.2. The van der Waals surface area contributed by atoms with Gasteiger partial charge in [-0.2, -0.15) is 13.2 Å². The molecule has 19 heavy (non-hydrogen) atoms. The molecular formula is C10H9F3N2O4. The van der Waals surface area contributed by atoms with E-state index >= 15 is 0 Å². The van der Waals surface area contributed by atoms with E-state index in [1.807, 2.05) is 0 Å². The van der Waals surface area contributed by atoms with Crippen LogP contribution in [0.1, 0.15) is 5.56 Å². The van der Waals surface area contributed by atoms with Crippen LogP contribution in [0.2, 0.25) is 0 Å². The Morgan fingerprint density at radius 3 is 2.58 bits per heavy atom. The van der Waals surface area contributed by atoms with Crippen LogP contribution in [-0.2, 0) is 15.8 Å². The average molecular weight is 278 g/mol. The summed E-state index contributed by atoms with van der Waals surface area (Å²) in [7, 11) is 0. The molecule has 104 valence electrons. The van der Waals surface area contributed by atoms with Gasteiger partial charge in [0.1, 0.15) is 0 Å². The van der Waals surface area contributed by atoms with E-state index in [-0.39, 0.29) is 5.69 Å². The summed E-state index contributed by atoms with van der Waals surface area (Å²) in [4.78, 5) is 25.4. The molecule has 0 atom stereocenters. The first kappa shape index (κ1) is 14.8. The summed E-state index contributed by atoms with van der Waals surface area (Å²) >= 11 is 0. The van der Waals surface area contributed by atoms with Crippen molar-refractivity contribution in [1.82, 2.24) is 5.48 Å². The quantitative estimate of drug-likeness (QED) is 0.733. The molecule has 0 aliphatic heterocycles. The summed E-state index contributed by atoms with van der Waals surface area (Å²) in [5.41, 5.74) is 0.684. The summed E-state index contributed by atoms with van der Waals surface area (Å²) < 4.78 is 37.1. The molecule has 1 aromatic carbocycles. The topological polar surface area (TPSA) is 87.7 Å². The van der Waals surface area contributed by atoms with Gasteiger partial charge in [0.2, 0.25) is 0 Å². The molecular weight excluding hydrogens is 269 g/mol. The third-order valence-electron chi connectivity index (χ3n) is 1.81. The molecule has 3 N–H and O–H groups in total. The van der Waals surface area contributed by atoms with E-state index in [1.54, 1.807) is 5.48 Å². The summed E-state index contributed by atoms with van der Waals surface area (Å²) in [6.07, 6.45) is -4.52. The molecule has 0 saturated heterocycles. The van der Waals surface area contributed by atoms with Crippen LogP contribution >= 0.6 is 0 Å². The second-order valence-corrected chi connectivity index (χ2v) is 3.32. The number of hydrogen-bond donors (Lipinski definition) is 3. The summed E-state index contributed by atoms with van der Waals surface area (Å²) in [6.45, 7) is -0.768. The van der Waals surface area contributed by atoms with Crippen LogP contribution in [0.15, 0.2) is 24.3 Å². The van der Waals surface area contributed by atoms with Gasteiger partial charge in [0.25, 0.3) is 0 Å². The van der Waals surface area contributed by atoms with Crippen molar-refractivity contribution < 1.29 is 32.7 Å². The number of carboxylic acid groups (broad SMARTS) is 1. The monoisotopic (exact) mass is 278 g/mol. The third kappa shape index (κ3) is 5.25. The molecule has 0 saturated carbocycles. The predicted molar refractivity (Wildman–Crippen MR) is 57.2 cm³/mol. The van der Waals surface area contributed by atoms with Gasteiger partial charge in [-0.1, -0.05) is 6.07 Å². The van der Waals surface area contributed by atoms with Crippen molar-refractivity contribution >= 4 is 17.7 Å². The van der Waals surface area contributed by atoms with Gasteiger partial charge in [0.15, 0.2) is 6.61 Å². The smallest absolute Gasteiger partial charge is 0.416 e. The molecule has 0 heterocycles. The van der Waals surface area contributed by atoms with Crippen molar-refractivity contribution in [2.24, 2.45) is 0 Å². The Morgan fingerprint density at radius 1 is 1.32 bits per heavy atom. The largest absolute Gasteiger partial charge is 0.479 e. The van der Waals surface area contributed by atoms with E-state index in [9.17, 15) is 22.8 Å². The third-order valence-corrected chi connectivity index (χ3v) is 1.81. The number of anilines is 1. The molecule has 0 aliphatic rings. The molecule has 1 rings (SSSR count). The van der Waals surface area contributed by atoms with Gasteiger partial charge in [-0.05, 0) is 18.2 Å². The number of urea groups is 1. The zero-order chi connectivity index (χ0) is 14.5. The van der Waals surface area contributed by atoms with E-state index in [1.165, 1.54) is 6.07 Å². The highest BCUT2D eigenvalue weighted by molar-refractivity contribution is 5.88. The van der Waals surface area contributed by atoms with Crippen LogP contribution in [0.3, 0.4) is 0 Å². The summed E-state index contributed by atoms with van der Waals surface area (Å²) in [5, 5.41) is 10.3. The van der Waals surface area contributed by atoms with Gasteiger partial charge in [-0.3, -0.25) is 4.84 Å². The Balaban J connectivity index is 2.57. The zero-order valence-corrected chi connectivity index (χ0v) is 9.32. The molecule has 1 aromatic rings. The van der Waals surface area contributed by atoms with Crippen molar-refractivity contribution in [3.05, 3.63) is 29.8 Å². The Hall–Kier alpha value is -2.29.